The monoisotopic (exact) mass is 461 g/mol. The number of unbranched alkanes of at least 4 members (excludes halogenated alkanes) is 2. The smallest absolute Gasteiger partial charge is 0.242 e. The largest absolute Gasteiger partial charge is 0.371 e. The van der Waals surface area contributed by atoms with Crippen LogP contribution in [-0.2, 0) is 0 Å². The number of aromatic nitrogens is 3. The maximum atomic E-state index is 12.4. The minimum Gasteiger partial charge on any atom is -0.371 e. The quantitative estimate of drug-likeness (QED) is 0.425. The Kier molecular flexibility index (Phi) is 12.6. The predicted molar refractivity (Wildman–Crippen MR) is 136 cm³/mol. The fourth-order valence-corrected chi connectivity index (χ4v) is 2.90. The standard InChI is InChI=1S/C19H25F2N7.C5H12/c1-12(10-16(20)21)11-25-13(2)6-7-15(22-3)14-8-9-28-17(14)18(23-4)26-19(24-5)27-28;1-3-5-4-2/h6-9,11,16H,10H2,1-5H3,(H2,23,24,26,27);3-5H2,1-2H3/b7-6-,12-11+,22-15?,25-13-;. The number of halogens is 2. The highest BCUT2D eigenvalue weighted by Crippen LogP contribution is 2.22. The normalized spacial score (nSPS) is 13.0. The number of hydrogen-bond acceptors (Lipinski definition) is 6. The third-order valence-electron chi connectivity index (χ3n) is 4.64. The van der Waals surface area contributed by atoms with Gasteiger partial charge in [0, 0.05) is 51.2 Å². The zero-order chi connectivity index (χ0) is 24.8. The van der Waals surface area contributed by atoms with E-state index in [0.29, 0.717) is 23.1 Å². The van der Waals surface area contributed by atoms with Crippen molar-refractivity contribution < 1.29 is 8.78 Å². The van der Waals surface area contributed by atoms with Crippen molar-refractivity contribution in [1.82, 2.24) is 14.6 Å². The number of aliphatic imine (C=N–C) groups is 2. The van der Waals surface area contributed by atoms with Gasteiger partial charge in [0.05, 0.1) is 5.71 Å². The Morgan fingerprint density at radius 3 is 2.36 bits per heavy atom. The van der Waals surface area contributed by atoms with Crippen molar-refractivity contribution in [2.24, 2.45) is 9.98 Å². The Balaban J connectivity index is 0.000000981. The van der Waals surface area contributed by atoms with Gasteiger partial charge in [0.2, 0.25) is 12.4 Å². The molecule has 0 aliphatic rings. The maximum Gasteiger partial charge on any atom is 0.242 e. The third kappa shape index (κ3) is 9.11. The first-order valence-electron chi connectivity index (χ1n) is 11.2. The summed E-state index contributed by atoms with van der Waals surface area (Å²) in [6.07, 6.45) is 8.36. The first kappa shape index (κ1) is 27.9. The summed E-state index contributed by atoms with van der Waals surface area (Å²) in [5.41, 5.74) is 3.60. The first-order valence-corrected chi connectivity index (χ1v) is 11.2. The number of rotatable bonds is 10. The van der Waals surface area contributed by atoms with E-state index in [2.05, 4.69) is 44.5 Å². The lowest BCUT2D eigenvalue weighted by Gasteiger charge is -2.08. The van der Waals surface area contributed by atoms with Crippen molar-refractivity contribution in [3.63, 3.8) is 0 Å². The van der Waals surface area contributed by atoms with Gasteiger partial charge in [-0.15, -0.1) is 5.10 Å². The van der Waals surface area contributed by atoms with Gasteiger partial charge >= 0.3 is 0 Å². The predicted octanol–water partition coefficient (Wildman–Crippen LogP) is 6.00. The van der Waals surface area contributed by atoms with E-state index in [1.54, 1.807) is 45.6 Å². The molecule has 0 radical (unpaired) electrons. The van der Waals surface area contributed by atoms with Crippen molar-refractivity contribution in [3.8, 4) is 0 Å². The third-order valence-corrected chi connectivity index (χ3v) is 4.64. The lowest BCUT2D eigenvalue weighted by atomic mass is 10.1. The number of alkyl halides is 2. The van der Waals surface area contributed by atoms with Crippen LogP contribution >= 0.6 is 0 Å². The van der Waals surface area contributed by atoms with Crippen LogP contribution in [0.4, 0.5) is 20.5 Å². The molecule has 0 saturated heterocycles. The summed E-state index contributed by atoms with van der Waals surface area (Å²) in [7, 11) is 5.25. The molecular formula is C24H37F2N7. The van der Waals surface area contributed by atoms with Gasteiger partial charge < -0.3 is 10.6 Å². The van der Waals surface area contributed by atoms with E-state index in [1.807, 2.05) is 18.3 Å². The van der Waals surface area contributed by atoms with E-state index in [0.717, 1.165) is 16.8 Å². The fourth-order valence-electron chi connectivity index (χ4n) is 2.90. The molecule has 0 fully saturated rings. The second kappa shape index (κ2) is 14.9. The highest BCUT2D eigenvalue weighted by molar-refractivity contribution is 6.16. The summed E-state index contributed by atoms with van der Waals surface area (Å²) in [5, 5.41) is 10.4. The summed E-state index contributed by atoms with van der Waals surface area (Å²) in [4.78, 5) is 13.0. The van der Waals surface area contributed by atoms with Crippen LogP contribution in [0.15, 0.2) is 46.2 Å². The van der Waals surface area contributed by atoms with E-state index < -0.39 is 6.43 Å². The Bertz CT molecular complexity index is 986. The van der Waals surface area contributed by atoms with Crippen molar-refractivity contribution in [2.45, 2.75) is 59.8 Å². The summed E-state index contributed by atoms with van der Waals surface area (Å²) in [6, 6.07) is 1.91. The molecule has 2 aromatic heterocycles. The van der Waals surface area contributed by atoms with Crippen LogP contribution in [0, 0.1) is 0 Å². The van der Waals surface area contributed by atoms with Crippen LogP contribution in [0.25, 0.3) is 5.52 Å². The van der Waals surface area contributed by atoms with Gasteiger partial charge in [0.25, 0.3) is 0 Å². The molecule has 2 aromatic rings. The second-order valence-electron chi connectivity index (χ2n) is 7.44. The van der Waals surface area contributed by atoms with Crippen LogP contribution < -0.4 is 10.6 Å². The highest BCUT2D eigenvalue weighted by atomic mass is 19.3. The molecule has 2 rings (SSSR count). The van der Waals surface area contributed by atoms with Crippen LogP contribution in [0.1, 0.15) is 58.9 Å². The van der Waals surface area contributed by atoms with Gasteiger partial charge in [-0.3, -0.25) is 9.98 Å². The van der Waals surface area contributed by atoms with Gasteiger partial charge in [-0.2, -0.15) is 4.98 Å². The number of nitrogens with one attached hydrogen (secondary N) is 2. The maximum absolute atomic E-state index is 12.4. The zero-order valence-electron chi connectivity index (χ0n) is 20.8. The molecule has 0 aliphatic heterocycles. The van der Waals surface area contributed by atoms with Crippen LogP contribution in [0.2, 0.25) is 0 Å². The highest BCUT2D eigenvalue weighted by Gasteiger charge is 2.14. The van der Waals surface area contributed by atoms with E-state index in [4.69, 9.17) is 0 Å². The Labute approximate surface area is 195 Å². The lowest BCUT2D eigenvalue weighted by Crippen LogP contribution is -2.07. The molecule has 33 heavy (non-hydrogen) atoms. The van der Waals surface area contributed by atoms with Crippen molar-refractivity contribution in [3.05, 3.63) is 41.8 Å². The molecule has 0 saturated carbocycles. The SMILES string of the molecule is CCCCC.CN=C(\C=C/C(C)=N\C=C(/C)CC(F)F)c1ccn2nc(NC)nc(NC)c12. The van der Waals surface area contributed by atoms with Gasteiger partial charge in [-0.25, -0.2) is 13.3 Å². The fraction of sp³-hybridized carbons (Fsp3) is 0.500. The first-order chi connectivity index (χ1) is 15.8. The molecule has 0 spiro atoms. The molecule has 0 amide bonds. The van der Waals surface area contributed by atoms with Crippen LogP contribution in [0.5, 0.6) is 0 Å². The topological polar surface area (TPSA) is 79.0 Å². The van der Waals surface area contributed by atoms with Gasteiger partial charge in [-0.1, -0.05) is 33.1 Å². The lowest BCUT2D eigenvalue weighted by molar-refractivity contribution is 0.149. The Morgan fingerprint density at radius 2 is 1.85 bits per heavy atom. The molecule has 0 bridgehead atoms. The second-order valence-corrected chi connectivity index (χ2v) is 7.44. The number of hydrogen-bond donors (Lipinski definition) is 2. The average Bonchev–Trinajstić information content (AvgIpc) is 3.22. The van der Waals surface area contributed by atoms with E-state index in [1.165, 1.54) is 25.5 Å². The van der Waals surface area contributed by atoms with Crippen LogP contribution in [-0.4, -0.2) is 53.6 Å². The van der Waals surface area contributed by atoms with Crippen molar-refractivity contribution in [2.75, 3.05) is 31.8 Å². The van der Waals surface area contributed by atoms with Crippen LogP contribution in [0.3, 0.4) is 0 Å². The number of nitrogens with zero attached hydrogens (tertiary/aromatic N) is 5. The van der Waals surface area contributed by atoms with Gasteiger partial charge in [-0.05, 0) is 37.6 Å². The van der Waals surface area contributed by atoms with E-state index >= 15 is 0 Å². The van der Waals surface area contributed by atoms with E-state index in [-0.39, 0.29) is 6.42 Å². The van der Waals surface area contributed by atoms with Gasteiger partial charge in [0.15, 0.2) is 5.82 Å². The molecule has 0 aromatic carbocycles. The summed E-state index contributed by atoms with van der Waals surface area (Å²) in [6.45, 7) is 7.86. The Morgan fingerprint density at radius 1 is 1.15 bits per heavy atom. The average molecular weight is 462 g/mol. The molecule has 0 aliphatic carbocycles. The minimum absolute atomic E-state index is 0.277. The molecular weight excluding hydrogens is 424 g/mol. The van der Waals surface area contributed by atoms with Crippen molar-refractivity contribution in [1.29, 1.82) is 0 Å². The number of allylic oxidation sites excluding steroid dienone is 3. The van der Waals surface area contributed by atoms with Gasteiger partial charge in [0.1, 0.15) is 5.52 Å². The van der Waals surface area contributed by atoms with Crippen molar-refractivity contribution >= 4 is 28.7 Å². The molecule has 0 unspecified atom stereocenters. The van der Waals surface area contributed by atoms with E-state index in [9.17, 15) is 8.78 Å². The molecule has 0 atom stereocenters. The number of fused-ring (bicyclic) bond motifs is 1. The molecule has 2 heterocycles. The summed E-state index contributed by atoms with van der Waals surface area (Å²) in [5.74, 6) is 1.17. The molecule has 7 nitrogen and oxygen atoms in total. The molecule has 9 heteroatoms. The zero-order valence-corrected chi connectivity index (χ0v) is 20.8. The summed E-state index contributed by atoms with van der Waals surface area (Å²) >= 11 is 0. The molecule has 2 N–H and O–H groups in total. The molecule has 182 valence electrons. The minimum atomic E-state index is -2.36. The number of anilines is 2. The summed E-state index contributed by atoms with van der Waals surface area (Å²) < 4.78 is 26.5. The Hall–Kier alpha value is -3.10.